The van der Waals surface area contributed by atoms with E-state index >= 15 is 0 Å². The fraction of sp³-hybridized carbons (Fsp3) is 0.400. The summed E-state index contributed by atoms with van der Waals surface area (Å²) in [5.74, 6) is 1.48. The molecule has 0 aromatic carbocycles. The lowest BCUT2D eigenvalue weighted by Gasteiger charge is -2.05. The second-order valence-corrected chi connectivity index (χ2v) is 3.92. The van der Waals surface area contributed by atoms with E-state index in [1.165, 1.54) is 18.4 Å². The van der Waals surface area contributed by atoms with Gasteiger partial charge in [0.25, 0.3) is 0 Å². The van der Waals surface area contributed by atoms with Gasteiger partial charge in [0.1, 0.15) is 5.82 Å². The molecule has 1 aromatic heterocycles. The third-order valence-electron chi connectivity index (χ3n) is 2.11. The summed E-state index contributed by atoms with van der Waals surface area (Å²) in [5.41, 5.74) is 1.20. The topological polar surface area (TPSA) is 24.9 Å². The van der Waals surface area contributed by atoms with Crippen LogP contribution in [0.1, 0.15) is 18.4 Å². The summed E-state index contributed by atoms with van der Waals surface area (Å²) < 4.78 is 0. The smallest absolute Gasteiger partial charge is 0.130 e. The Kier molecular flexibility index (Phi) is 2.27. The van der Waals surface area contributed by atoms with Crippen LogP contribution >= 0.6 is 12.2 Å². The highest BCUT2D eigenvalue weighted by atomic mass is 32.1. The Morgan fingerprint density at radius 2 is 2.38 bits per heavy atom. The van der Waals surface area contributed by atoms with E-state index in [-0.39, 0.29) is 0 Å². The number of nitrogens with one attached hydrogen (secondary N) is 1. The van der Waals surface area contributed by atoms with Crippen LogP contribution in [-0.2, 0) is 0 Å². The molecule has 0 amide bonds. The van der Waals surface area contributed by atoms with Gasteiger partial charge in [-0.3, -0.25) is 0 Å². The number of pyridine rings is 1. The van der Waals surface area contributed by atoms with Gasteiger partial charge in [0.2, 0.25) is 0 Å². The van der Waals surface area contributed by atoms with Gasteiger partial charge in [-0.15, -0.1) is 0 Å². The molecule has 3 heteroatoms. The zero-order valence-corrected chi connectivity index (χ0v) is 8.40. The van der Waals surface area contributed by atoms with Gasteiger partial charge in [0.05, 0.1) is 4.99 Å². The molecule has 1 aliphatic carbocycles. The highest BCUT2D eigenvalue weighted by Gasteiger charge is 2.26. The first-order valence-corrected chi connectivity index (χ1v) is 4.90. The average Bonchev–Trinajstić information content (AvgIpc) is 2.85. The minimum atomic E-state index is 0.609. The molecule has 0 atom stereocenters. The quantitative estimate of drug-likeness (QED) is 0.729. The van der Waals surface area contributed by atoms with Gasteiger partial charge in [0, 0.05) is 12.1 Å². The lowest BCUT2D eigenvalue weighted by molar-refractivity contribution is 1.20. The van der Waals surface area contributed by atoms with Crippen LogP contribution in [-0.4, -0.2) is 9.97 Å². The highest BCUT2D eigenvalue weighted by Crippen LogP contribution is 2.30. The Hall–Kier alpha value is -0.960. The lowest BCUT2D eigenvalue weighted by Crippen LogP contribution is -2.11. The molecular weight excluding hydrogens is 180 g/mol. The zero-order valence-electron chi connectivity index (χ0n) is 7.58. The van der Waals surface area contributed by atoms with Crippen molar-refractivity contribution in [3.63, 3.8) is 0 Å². The maximum absolute atomic E-state index is 5.21. The number of nitrogens with zero attached hydrogens (tertiary/aromatic N) is 1. The van der Waals surface area contributed by atoms with E-state index in [0.717, 1.165) is 10.8 Å². The Morgan fingerprint density at radius 1 is 1.62 bits per heavy atom. The maximum atomic E-state index is 5.21. The third-order valence-corrected chi connectivity index (χ3v) is 2.55. The van der Waals surface area contributed by atoms with Gasteiger partial charge < -0.3 is 5.32 Å². The molecule has 0 saturated heterocycles. The van der Waals surface area contributed by atoms with Crippen LogP contribution < -0.4 is 5.32 Å². The molecule has 68 valence electrons. The number of hydrogen-bond acceptors (Lipinski definition) is 2. The number of anilines is 1. The van der Waals surface area contributed by atoms with E-state index in [1.54, 1.807) is 6.20 Å². The van der Waals surface area contributed by atoms with Crippen LogP contribution in [0, 0.1) is 12.8 Å². The molecule has 1 fully saturated rings. The largest absolute Gasteiger partial charge is 0.335 e. The highest BCUT2D eigenvalue weighted by molar-refractivity contribution is 7.80. The van der Waals surface area contributed by atoms with Gasteiger partial charge in [-0.25, -0.2) is 4.98 Å². The zero-order chi connectivity index (χ0) is 9.26. The first-order valence-electron chi connectivity index (χ1n) is 4.49. The van der Waals surface area contributed by atoms with Crippen molar-refractivity contribution in [3.05, 3.63) is 23.9 Å². The SMILES string of the molecule is Cc1ccnc(NC(=S)C2CC2)c1. The summed E-state index contributed by atoms with van der Waals surface area (Å²) in [6, 6.07) is 3.99. The predicted molar refractivity (Wildman–Crippen MR) is 57.9 cm³/mol. The lowest BCUT2D eigenvalue weighted by atomic mass is 10.3. The van der Waals surface area contributed by atoms with Gasteiger partial charge in [-0.1, -0.05) is 12.2 Å². The average molecular weight is 192 g/mol. The summed E-state index contributed by atoms with van der Waals surface area (Å²) >= 11 is 5.21. The first kappa shape index (κ1) is 8.63. The molecule has 1 aliphatic rings. The number of aromatic nitrogens is 1. The molecule has 1 heterocycles. The van der Waals surface area contributed by atoms with Crippen molar-refractivity contribution in [2.24, 2.45) is 5.92 Å². The van der Waals surface area contributed by atoms with Gasteiger partial charge in [-0.05, 0) is 37.5 Å². The van der Waals surface area contributed by atoms with Crippen molar-refractivity contribution in [1.29, 1.82) is 0 Å². The molecule has 2 nitrogen and oxygen atoms in total. The summed E-state index contributed by atoms with van der Waals surface area (Å²) in [7, 11) is 0. The molecule has 2 rings (SSSR count). The third kappa shape index (κ3) is 2.25. The first-order chi connectivity index (χ1) is 6.25. The number of rotatable bonds is 2. The minimum Gasteiger partial charge on any atom is -0.335 e. The minimum absolute atomic E-state index is 0.609. The van der Waals surface area contributed by atoms with Crippen LogP contribution in [0.3, 0.4) is 0 Å². The number of hydrogen-bond donors (Lipinski definition) is 1. The van der Waals surface area contributed by atoms with E-state index in [4.69, 9.17) is 12.2 Å². The molecule has 1 N–H and O–H groups in total. The van der Waals surface area contributed by atoms with E-state index in [9.17, 15) is 0 Å². The van der Waals surface area contributed by atoms with Gasteiger partial charge in [-0.2, -0.15) is 0 Å². The molecule has 0 spiro atoms. The van der Waals surface area contributed by atoms with Crippen molar-refractivity contribution in [2.45, 2.75) is 19.8 Å². The standard InChI is InChI=1S/C10H12N2S/c1-7-4-5-11-9(6-7)12-10(13)8-2-3-8/h4-6,8H,2-3H2,1H3,(H,11,12,13). The van der Waals surface area contributed by atoms with Crippen LogP contribution in [0.5, 0.6) is 0 Å². The van der Waals surface area contributed by atoms with E-state index < -0.39 is 0 Å². The van der Waals surface area contributed by atoms with Crippen LogP contribution in [0.15, 0.2) is 18.3 Å². The molecule has 0 radical (unpaired) electrons. The number of thiocarbonyl (C=S) groups is 1. The predicted octanol–water partition coefficient (Wildman–Crippen LogP) is 2.54. The van der Waals surface area contributed by atoms with Crippen molar-refractivity contribution in [3.8, 4) is 0 Å². The molecule has 1 saturated carbocycles. The molecule has 0 unspecified atom stereocenters. The van der Waals surface area contributed by atoms with Gasteiger partial charge in [0.15, 0.2) is 0 Å². The monoisotopic (exact) mass is 192 g/mol. The van der Waals surface area contributed by atoms with E-state index in [1.807, 2.05) is 19.1 Å². The van der Waals surface area contributed by atoms with Crippen LogP contribution in [0.4, 0.5) is 5.82 Å². The summed E-state index contributed by atoms with van der Waals surface area (Å²) in [5, 5.41) is 3.16. The summed E-state index contributed by atoms with van der Waals surface area (Å²) in [6.07, 6.45) is 4.27. The maximum Gasteiger partial charge on any atom is 0.130 e. The van der Waals surface area contributed by atoms with Crippen molar-refractivity contribution >= 4 is 23.0 Å². The van der Waals surface area contributed by atoms with Crippen LogP contribution in [0.25, 0.3) is 0 Å². The van der Waals surface area contributed by atoms with Crippen molar-refractivity contribution in [1.82, 2.24) is 4.98 Å². The Bertz CT molecular complexity index is 331. The normalized spacial score (nSPS) is 15.5. The van der Waals surface area contributed by atoms with Crippen molar-refractivity contribution in [2.75, 3.05) is 5.32 Å². The van der Waals surface area contributed by atoms with Crippen LogP contribution in [0.2, 0.25) is 0 Å². The fourth-order valence-corrected chi connectivity index (χ4v) is 1.52. The van der Waals surface area contributed by atoms with Gasteiger partial charge >= 0.3 is 0 Å². The Morgan fingerprint density at radius 3 is 3.00 bits per heavy atom. The second kappa shape index (κ2) is 3.42. The Labute approximate surface area is 83.4 Å². The number of aryl methyl sites for hydroxylation is 1. The van der Waals surface area contributed by atoms with E-state index in [2.05, 4.69) is 10.3 Å². The second-order valence-electron chi connectivity index (χ2n) is 3.48. The Balaban J connectivity index is 2.04. The molecular formula is C10H12N2S. The van der Waals surface area contributed by atoms with E-state index in [0.29, 0.717) is 5.92 Å². The summed E-state index contributed by atoms with van der Waals surface area (Å²) in [6.45, 7) is 2.05. The molecule has 0 bridgehead atoms. The molecule has 13 heavy (non-hydrogen) atoms. The molecule has 0 aliphatic heterocycles. The fourth-order valence-electron chi connectivity index (χ4n) is 1.18. The molecule has 1 aromatic rings. The van der Waals surface area contributed by atoms with Crippen molar-refractivity contribution < 1.29 is 0 Å². The summed E-state index contributed by atoms with van der Waals surface area (Å²) in [4.78, 5) is 5.13.